The lowest BCUT2D eigenvalue weighted by atomic mass is 9.86. The van der Waals surface area contributed by atoms with Crippen LogP contribution in [0.3, 0.4) is 0 Å². The molecule has 1 rings (SSSR count). The first-order valence-electron chi connectivity index (χ1n) is 6.35. The van der Waals surface area contributed by atoms with E-state index in [9.17, 15) is 4.79 Å². The molecule has 0 unspecified atom stereocenters. The normalized spacial score (nSPS) is 11.4. The maximum atomic E-state index is 11.9. The van der Waals surface area contributed by atoms with Gasteiger partial charge in [0.05, 0.1) is 0 Å². The van der Waals surface area contributed by atoms with Gasteiger partial charge in [0, 0.05) is 25.7 Å². The van der Waals surface area contributed by atoms with E-state index in [0.29, 0.717) is 13.0 Å². The van der Waals surface area contributed by atoms with Crippen LogP contribution >= 0.6 is 0 Å². The molecule has 0 saturated heterocycles. The molecule has 0 radical (unpaired) electrons. The van der Waals surface area contributed by atoms with Crippen LogP contribution in [-0.4, -0.2) is 19.5 Å². The van der Waals surface area contributed by atoms with Gasteiger partial charge in [-0.2, -0.15) is 0 Å². The third-order valence-corrected chi connectivity index (χ3v) is 3.17. The van der Waals surface area contributed by atoms with Crippen LogP contribution in [0.25, 0.3) is 0 Å². The summed E-state index contributed by atoms with van der Waals surface area (Å²) in [6, 6.07) is 6.30. The number of nitrogens with zero attached hydrogens (tertiary/aromatic N) is 1. The number of nitrogens with two attached hydrogens (primary N) is 1. The van der Waals surface area contributed by atoms with Crippen LogP contribution in [0.4, 0.5) is 5.69 Å². The van der Waals surface area contributed by atoms with Gasteiger partial charge in [-0.3, -0.25) is 4.79 Å². The maximum absolute atomic E-state index is 11.9. The zero-order valence-electron chi connectivity index (χ0n) is 12.1. The smallest absolute Gasteiger partial charge is 0.227 e. The third-order valence-electron chi connectivity index (χ3n) is 3.17. The summed E-state index contributed by atoms with van der Waals surface area (Å²) in [5.41, 5.74) is 8.83. The van der Waals surface area contributed by atoms with Gasteiger partial charge in [-0.1, -0.05) is 32.9 Å². The maximum Gasteiger partial charge on any atom is 0.227 e. The van der Waals surface area contributed by atoms with Crippen molar-refractivity contribution in [2.75, 3.05) is 18.5 Å². The summed E-state index contributed by atoms with van der Waals surface area (Å²) in [6.07, 6.45) is 0.385. The minimum atomic E-state index is 0.0617. The first kappa shape index (κ1) is 14.7. The van der Waals surface area contributed by atoms with Crippen molar-refractivity contribution in [1.29, 1.82) is 0 Å². The van der Waals surface area contributed by atoms with Crippen molar-refractivity contribution in [3.8, 4) is 0 Å². The quantitative estimate of drug-likeness (QED) is 0.893. The molecule has 0 spiro atoms. The summed E-state index contributed by atoms with van der Waals surface area (Å²) in [5, 5.41) is 0. The Kier molecular flexibility index (Phi) is 4.52. The highest BCUT2D eigenvalue weighted by Crippen LogP contribution is 2.28. The van der Waals surface area contributed by atoms with Gasteiger partial charge < -0.3 is 10.6 Å². The molecule has 0 heterocycles. The van der Waals surface area contributed by atoms with Crippen molar-refractivity contribution in [2.45, 2.75) is 39.5 Å². The fourth-order valence-corrected chi connectivity index (χ4v) is 1.86. The number of anilines is 1. The van der Waals surface area contributed by atoms with Gasteiger partial charge in [0.15, 0.2) is 0 Å². The topological polar surface area (TPSA) is 46.3 Å². The Morgan fingerprint density at radius 2 is 1.94 bits per heavy atom. The van der Waals surface area contributed by atoms with E-state index in [1.54, 1.807) is 4.90 Å². The van der Waals surface area contributed by atoms with E-state index >= 15 is 0 Å². The van der Waals surface area contributed by atoms with Crippen LogP contribution in [-0.2, 0) is 10.2 Å². The Labute approximate surface area is 110 Å². The molecule has 1 aromatic carbocycles. The fourth-order valence-electron chi connectivity index (χ4n) is 1.86. The highest BCUT2D eigenvalue weighted by molar-refractivity contribution is 5.93. The molecule has 0 fully saturated rings. The van der Waals surface area contributed by atoms with E-state index in [4.69, 9.17) is 5.73 Å². The average molecular weight is 248 g/mol. The monoisotopic (exact) mass is 248 g/mol. The van der Waals surface area contributed by atoms with Crippen LogP contribution < -0.4 is 10.6 Å². The number of rotatable bonds is 3. The molecular formula is C15H24N2O. The molecule has 0 aliphatic heterocycles. The minimum Gasteiger partial charge on any atom is -0.330 e. The van der Waals surface area contributed by atoms with E-state index in [1.165, 1.54) is 5.56 Å². The van der Waals surface area contributed by atoms with Crippen molar-refractivity contribution < 1.29 is 4.79 Å². The van der Waals surface area contributed by atoms with E-state index in [2.05, 4.69) is 39.0 Å². The standard InChI is InChI=1S/C15H24N2O/c1-11-6-7-12(15(2,3)4)10-13(11)17(5)14(18)8-9-16/h6-7,10H,8-9,16H2,1-5H3. The number of carbonyl (C=O) groups is 1. The van der Waals surface area contributed by atoms with Crippen molar-refractivity contribution in [3.05, 3.63) is 29.3 Å². The van der Waals surface area contributed by atoms with Gasteiger partial charge in [0.25, 0.3) is 0 Å². The molecule has 100 valence electrons. The van der Waals surface area contributed by atoms with Crippen molar-refractivity contribution in [1.82, 2.24) is 0 Å². The molecule has 0 saturated carbocycles. The lowest BCUT2D eigenvalue weighted by Crippen LogP contribution is -2.29. The average Bonchev–Trinajstić information content (AvgIpc) is 2.27. The van der Waals surface area contributed by atoms with Crippen molar-refractivity contribution >= 4 is 11.6 Å². The van der Waals surface area contributed by atoms with Crippen molar-refractivity contribution in [3.63, 3.8) is 0 Å². The van der Waals surface area contributed by atoms with Crippen LogP contribution in [0.15, 0.2) is 18.2 Å². The second-order valence-electron chi connectivity index (χ2n) is 5.74. The number of benzene rings is 1. The summed E-state index contributed by atoms with van der Waals surface area (Å²) in [7, 11) is 1.81. The Balaban J connectivity index is 3.12. The number of aryl methyl sites for hydroxylation is 1. The van der Waals surface area contributed by atoms with Crippen LogP contribution in [0.5, 0.6) is 0 Å². The highest BCUT2D eigenvalue weighted by atomic mass is 16.2. The number of carbonyl (C=O) groups excluding carboxylic acids is 1. The van der Waals surface area contributed by atoms with Crippen LogP contribution in [0.1, 0.15) is 38.3 Å². The van der Waals surface area contributed by atoms with Gasteiger partial charge in [-0.25, -0.2) is 0 Å². The molecule has 0 aliphatic carbocycles. The second kappa shape index (κ2) is 5.53. The first-order chi connectivity index (χ1) is 8.27. The molecule has 0 atom stereocenters. The Hall–Kier alpha value is -1.35. The lowest BCUT2D eigenvalue weighted by Gasteiger charge is -2.24. The molecule has 0 aromatic heterocycles. The lowest BCUT2D eigenvalue weighted by molar-refractivity contribution is -0.118. The molecule has 1 amide bonds. The molecule has 3 heteroatoms. The highest BCUT2D eigenvalue weighted by Gasteiger charge is 2.18. The molecule has 0 bridgehead atoms. The van der Waals surface area contributed by atoms with Crippen LogP contribution in [0, 0.1) is 6.92 Å². The molecule has 18 heavy (non-hydrogen) atoms. The largest absolute Gasteiger partial charge is 0.330 e. The third kappa shape index (κ3) is 3.33. The first-order valence-corrected chi connectivity index (χ1v) is 6.35. The van der Waals surface area contributed by atoms with E-state index in [1.807, 2.05) is 14.0 Å². The van der Waals surface area contributed by atoms with E-state index < -0.39 is 0 Å². The van der Waals surface area contributed by atoms with E-state index in [0.717, 1.165) is 11.3 Å². The molecule has 1 aromatic rings. The summed E-state index contributed by atoms with van der Waals surface area (Å²) in [4.78, 5) is 13.6. The van der Waals surface area contributed by atoms with Crippen LogP contribution in [0.2, 0.25) is 0 Å². The molecular weight excluding hydrogens is 224 g/mol. The van der Waals surface area contributed by atoms with Gasteiger partial charge >= 0.3 is 0 Å². The zero-order valence-corrected chi connectivity index (χ0v) is 12.1. The zero-order chi connectivity index (χ0) is 13.9. The SMILES string of the molecule is Cc1ccc(C(C)(C)C)cc1N(C)C(=O)CCN. The Morgan fingerprint density at radius 3 is 2.44 bits per heavy atom. The summed E-state index contributed by atoms with van der Waals surface area (Å²) < 4.78 is 0. The summed E-state index contributed by atoms with van der Waals surface area (Å²) >= 11 is 0. The minimum absolute atomic E-state index is 0.0617. The molecule has 2 N–H and O–H groups in total. The number of amides is 1. The van der Waals surface area contributed by atoms with Gasteiger partial charge in [-0.15, -0.1) is 0 Å². The molecule has 0 aliphatic rings. The number of hydrogen-bond acceptors (Lipinski definition) is 2. The fraction of sp³-hybridized carbons (Fsp3) is 0.533. The Bertz CT molecular complexity index is 433. The molecule has 3 nitrogen and oxygen atoms in total. The predicted octanol–water partition coefficient (Wildman–Crippen LogP) is 2.60. The van der Waals surface area contributed by atoms with Crippen molar-refractivity contribution in [2.24, 2.45) is 5.73 Å². The van der Waals surface area contributed by atoms with E-state index in [-0.39, 0.29) is 11.3 Å². The van der Waals surface area contributed by atoms with Gasteiger partial charge in [-0.05, 0) is 29.5 Å². The summed E-state index contributed by atoms with van der Waals surface area (Å²) in [6.45, 7) is 8.92. The number of hydrogen-bond donors (Lipinski definition) is 1. The second-order valence-corrected chi connectivity index (χ2v) is 5.74. The van der Waals surface area contributed by atoms with Gasteiger partial charge in [0.2, 0.25) is 5.91 Å². The van der Waals surface area contributed by atoms with Gasteiger partial charge in [0.1, 0.15) is 0 Å². The predicted molar refractivity (Wildman–Crippen MR) is 77.0 cm³/mol. The Morgan fingerprint density at radius 1 is 1.33 bits per heavy atom. The summed E-state index contributed by atoms with van der Waals surface area (Å²) in [5.74, 6) is 0.0617.